The van der Waals surface area contributed by atoms with E-state index in [1.807, 2.05) is 13.8 Å². The first-order valence-corrected chi connectivity index (χ1v) is 6.59. The van der Waals surface area contributed by atoms with Gasteiger partial charge in [0.2, 0.25) is 0 Å². The zero-order valence-electron chi connectivity index (χ0n) is 11.9. The molecule has 0 aliphatic carbocycles. The molecule has 4 nitrogen and oxygen atoms in total. The van der Waals surface area contributed by atoms with Gasteiger partial charge >= 0.3 is 12.2 Å². The average Bonchev–Trinajstić information content (AvgIpc) is 2.35. The summed E-state index contributed by atoms with van der Waals surface area (Å²) in [6, 6.07) is 3.93. The van der Waals surface area contributed by atoms with Crippen LogP contribution >= 0.6 is 0 Å². The van der Waals surface area contributed by atoms with Gasteiger partial charge in [0.25, 0.3) is 0 Å². The Morgan fingerprint density at radius 1 is 1.29 bits per heavy atom. The molecule has 0 radical (unpaired) electrons. The number of hydrogen-bond acceptors (Lipinski definition) is 2. The lowest BCUT2D eigenvalue weighted by atomic mass is 10.1. The summed E-state index contributed by atoms with van der Waals surface area (Å²) in [5.74, 6) is 0.260. The van der Waals surface area contributed by atoms with Gasteiger partial charge in [0.1, 0.15) is 0 Å². The van der Waals surface area contributed by atoms with Crippen molar-refractivity contribution in [2.24, 2.45) is 5.92 Å². The van der Waals surface area contributed by atoms with Gasteiger partial charge in [-0.1, -0.05) is 26.0 Å². The van der Waals surface area contributed by atoms with E-state index in [9.17, 15) is 23.1 Å². The summed E-state index contributed by atoms with van der Waals surface area (Å²) in [6.45, 7) is 3.82. The molecule has 1 aromatic rings. The number of aliphatic hydroxyl groups is 1. The largest absolute Gasteiger partial charge is 0.418 e. The predicted octanol–water partition coefficient (Wildman–Crippen LogP) is 3.23. The Morgan fingerprint density at radius 3 is 2.48 bits per heavy atom. The van der Waals surface area contributed by atoms with Gasteiger partial charge in [-0.3, -0.25) is 0 Å². The topological polar surface area (TPSA) is 61.4 Å². The van der Waals surface area contributed by atoms with Crippen molar-refractivity contribution in [3.63, 3.8) is 0 Å². The third-order valence-electron chi connectivity index (χ3n) is 2.72. The molecule has 2 amide bonds. The average molecular weight is 304 g/mol. The lowest BCUT2D eigenvalue weighted by Gasteiger charge is -2.16. The van der Waals surface area contributed by atoms with Crippen molar-refractivity contribution in [2.75, 3.05) is 11.9 Å². The van der Waals surface area contributed by atoms with Crippen molar-refractivity contribution in [1.29, 1.82) is 0 Å². The van der Waals surface area contributed by atoms with E-state index in [1.165, 1.54) is 18.2 Å². The van der Waals surface area contributed by atoms with E-state index in [-0.39, 0.29) is 18.2 Å². The fourth-order valence-electron chi connectivity index (χ4n) is 1.84. The van der Waals surface area contributed by atoms with Crippen LogP contribution in [0, 0.1) is 5.92 Å². The lowest BCUT2D eigenvalue weighted by molar-refractivity contribution is -0.136. The number of carbonyl (C=O) groups excluding carboxylic acids is 1. The number of hydrogen-bond donors (Lipinski definition) is 3. The van der Waals surface area contributed by atoms with E-state index in [1.54, 1.807) is 0 Å². The molecule has 1 unspecified atom stereocenters. The van der Waals surface area contributed by atoms with E-state index >= 15 is 0 Å². The molecule has 0 fully saturated rings. The Hall–Kier alpha value is -1.76. The number of carbonyl (C=O) groups is 1. The van der Waals surface area contributed by atoms with Gasteiger partial charge in [0.05, 0.1) is 17.4 Å². The standard InChI is InChI=1S/C14H19F3N2O2/c1-9(2)7-10(20)8-18-13(21)19-12-6-4-3-5-11(12)14(15,16)17/h3-6,9-10,20H,7-8H2,1-2H3,(H2,18,19,21). The molecule has 0 aliphatic rings. The second-order valence-electron chi connectivity index (χ2n) is 5.16. The predicted molar refractivity (Wildman–Crippen MR) is 73.9 cm³/mol. The van der Waals surface area contributed by atoms with Crippen molar-refractivity contribution in [2.45, 2.75) is 32.5 Å². The van der Waals surface area contributed by atoms with E-state index in [0.717, 1.165) is 6.07 Å². The maximum Gasteiger partial charge on any atom is 0.418 e. The first kappa shape index (κ1) is 17.3. The number of anilines is 1. The van der Waals surface area contributed by atoms with Gasteiger partial charge in [0.15, 0.2) is 0 Å². The van der Waals surface area contributed by atoms with Crippen molar-refractivity contribution in [1.82, 2.24) is 5.32 Å². The summed E-state index contributed by atoms with van der Waals surface area (Å²) in [6.07, 6.45) is -4.77. The monoisotopic (exact) mass is 304 g/mol. The minimum atomic E-state index is -4.54. The zero-order valence-corrected chi connectivity index (χ0v) is 11.9. The number of nitrogens with one attached hydrogen (secondary N) is 2. The first-order chi connectivity index (χ1) is 9.70. The van der Waals surface area contributed by atoms with Gasteiger partial charge in [-0.2, -0.15) is 13.2 Å². The summed E-state index contributed by atoms with van der Waals surface area (Å²) in [5.41, 5.74) is -1.23. The number of halogens is 3. The van der Waals surface area contributed by atoms with Crippen LogP contribution in [0.2, 0.25) is 0 Å². The van der Waals surface area contributed by atoms with Gasteiger partial charge < -0.3 is 15.7 Å². The Labute approximate surface area is 121 Å². The molecule has 118 valence electrons. The van der Waals surface area contributed by atoms with E-state index in [4.69, 9.17) is 0 Å². The third kappa shape index (κ3) is 6.03. The minimum absolute atomic E-state index is 0.0157. The molecular weight excluding hydrogens is 285 g/mol. The molecule has 0 aromatic heterocycles. The van der Waals surface area contributed by atoms with E-state index in [0.29, 0.717) is 6.42 Å². The number of para-hydroxylation sites is 1. The van der Waals surface area contributed by atoms with Crippen LogP contribution in [0.1, 0.15) is 25.8 Å². The fourth-order valence-corrected chi connectivity index (χ4v) is 1.84. The quantitative estimate of drug-likeness (QED) is 0.782. The molecule has 0 saturated heterocycles. The number of rotatable bonds is 5. The minimum Gasteiger partial charge on any atom is -0.391 e. The fraction of sp³-hybridized carbons (Fsp3) is 0.500. The molecule has 21 heavy (non-hydrogen) atoms. The van der Waals surface area contributed by atoms with Crippen molar-refractivity contribution < 1.29 is 23.1 Å². The van der Waals surface area contributed by atoms with Crippen LogP contribution in [0.3, 0.4) is 0 Å². The highest BCUT2D eigenvalue weighted by Gasteiger charge is 2.33. The molecule has 3 N–H and O–H groups in total. The van der Waals surface area contributed by atoms with Gasteiger partial charge in [0, 0.05) is 6.54 Å². The molecule has 0 aliphatic heterocycles. The summed E-state index contributed by atoms with van der Waals surface area (Å²) >= 11 is 0. The maximum atomic E-state index is 12.7. The highest BCUT2D eigenvalue weighted by molar-refractivity contribution is 5.90. The molecule has 0 spiro atoms. The molecule has 0 bridgehead atoms. The Bertz CT molecular complexity index is 476. The summed E-state index contributed by atoms with van der Waals surface area (Å²) < 4.78 is 38.2. The Kier molecular flexibility index (Phi) is 6.02. The summed E-state index contributed by atoms with van der Waals surface area (Å²) in [5, 5.41) is 14.1. The van der Waals surface area contributed by atoms with Gasteiger partial charge in [-0.05, 0) is 24.5 Å². The van der Waals surface area contributed by atoms with Crippen LogP contribution in [0.4, 0.5) is 23.7 Å². The second kappa shape index (κ2) is 7.31. The van der Waals surface area contributed by atoms with Crippen LogP contribution in [-0.2, 0) is 6.18 Å². The third-order valence-corrected chi connectivity index (χ3v) is 2.72. The second-order valence-corrected chi connectivity index (χ2v) is 5.16. The number of urea groups is 1. The molecule has 0 saturated carbocycles. The molecule has 1 atom stereocenters. The lowest BCUT2D eigenvalue weighted by Crippen LogP contribution is -2.36. The summed E-state index contributed by atoms with van der Waals surface area (Å²) in [7, 11) is 0. The molecule has 0 heterocycles. The van der Waals surface area contributed by atoms with Crippen molar-refractivity contribution >= 4 is 11.7 Å². The van der Waals surface area contributed by atoms with E-state index < -0.39 is 23.9 Å². The van der Waals surface area contributed by atoms with Gasteiger partial charge in [-0.25, -0.2) is 4.79 Å². The highest BCUT2D eigenvalue weighted by Crippen LogP contribution is 2.34. The van der Waals surface area contributed by atoms with Crippen molar-refractivity contribution in [3.8, 4) is 0 Å². The molecule has 7 heteroatoms. The van der Waals surface area contributed by atoms with Gasteiger partial charge in [-0.15, -0.1) is 0 Å². The zero-order chi connectivity index (χ0) is 16.0. The van der Waals surface area contributed by atoms with E-state index in [2.05, 4.69) is 10.6 Å². The number of aliphatic hydroxyl groups excluding tert-OH is 1. The summed E-state index contributed by atoms with van der Waals surface area (Å²) in [4.78, 5) is 11.6. The van der Waals surface area contributed by atoms with Crippen LogP contribution < -0.4 is 10.6 Å². The van der Waals surface area contributed by atoms with Crippen molar-refractivity contribution in [3.05, 3.63) is 29.8 Å². The number of amides is 2. The van der Waals surface area contributed by atoms with Crippen LogP contribution in [0.25, 0.3) is 0 Å². The Balaban J connectivity index is 2.60. The smallest absolute Gasteiger partial charge is 0.391 e. The molecule has 1 aromatic carbocycles. The molecular formula is C14H19F3N2O2. The molecule has 1 rings (SSSR count). The number of benzene rings is 1. The van der Waals surface area contributed by atoms with Crippen LogP contribution in [0.5, 0.6) is 0 Å². The Morgan fingerprint density at radius 2 is 1.90 bits per heavy atom. The highest BCUT2D eigenvalue weighted by atomic mass is 19.4. The van der Waals surface area contributed by atoms with Crippen LogP contribution in [0.15, 0.2) is 24.3 Å². The van der Waals surface area contributed by atoms with Crippen LogP contribution in [-0.4, -0.2) is 23.8 Å². The first-order valence-electron chi connectivity index (χ1n) is 6.59. The maximum absolute atomic E-state index is 12.7. The number of alkyl halides is 3. The normalized spacial score (nSPS) is 13.1. The SMILES string of the molecule is CC(C)CC(O)CNC(=O)Nc1ccccc1C(F)(F)F.